The summed E-state index contributed by atoms with van der Waals surface area (Å²) >= 11 is 0. The maximum Gasteiger partial charge on any atom is 0.309 e. The SMILES string of the molecule is C=C1[C@@H](OC(C)=O)[C@H]2[C@@H](OC(C)=O)[C@](C)(OC(C)=O)C[C@]2(OC(C)=O)C(=O)[C@H](C)[C@]2(C)O[C@H]2C(C)(C)[C@H](OC(C)=O)[C@@H](OC(C)=O)[C@H]1OC(=O)C(C)C. The van der Waals surface area contributed by atoms with E-state index in [1.807, 2.05) is 0 Å². The lowest BCUT2D eigenvalue weighted by Crippen LogP contribution is -2.61. The lowest BCUT2D eigenvalue weighted by Gasteiger charge is -2.45. The van der Waals surface area contributed by atoms with E-state index < -0.39 is 131 Å². The number of hydrogen-bond donors (Lipinski definition) is 0. The normalized spacial score (nSPS) is 36.3. The highest BCUT2D eigenvalue weighted by atomic mass is 16.6. The maximum atomic E-state index is 15.3. The molecule has 0 amide bonds. The van der Waals surface area contributed by atoms with Crippen LogP contribution in [0.4, 0.5) is 0 Å². The van der Waals surface area contributed by atoms with Crippen molar-refractivity contribution in [3.8, 4) is 0 Å². The molecule has 11 atom stereocenters. The third kappa shape index (κ3) is 8.42. The molecular weight excluding hydrogens is 700 g/mol. The van der Waals surface area contributed by atoms with Gasteiger partial charge in [0.15, 0.2) is 41.4 Å². The van der Waals surface area contributed by atoms with E-state index in [9.17, 15) is 33.6 Å². The van der Waals surface area contributed by atoms with Gasteiger partial charge in [-0.1, -0.05) is 41.2 Å². The first-order chi connectivity index (χ1) is 24.2. The van der Waals surface area contributed by atoms with Crippen molar-refractivity contribution in [2.24, 2.45) is 23.2 Å². The molecular formula is C37H52O16. The zero-order chi connectivity index (χ0) is 40.8. The van der Waals surface area contributed by atoms with Gasteiger partial charge < -0.3 is 37.9 Å². The molecule has 0 bridgehead atoms. The number of hydrogen-bond acceptors (Lipinski definition) is 16. The van der Waals surface area contributed by atoms with Crippen LogP contribution in [0.5, 0.6) is 0 Å². The zero-order valence-corrected chi connectivity index (χ0v) is 32.6. The Bertz CT molecular complexity index is 1560. The fraction of sp³-hybridized carbons (Fsp3) is 0.730. The van der Waals surface area contributed by atoms with Crippen molar-refractivity contribution >= 4 is 47.6 Å². The quantitative estimate of drug-likeness (QED) is 0.151. The molecule has 3 fully saturated rings. The van der Waals surface area contributed by atoms with Crippen molar-refractivity contribution in [2.45, 2.75) is 150 Å². The van der Waals surface area contributed by atoms with Gasteiger partial charge in [0.2, 0.25) is 0 Å². The van der Waals surface area contributed by atoms with E-state index in [-0.39, 0.29) is 5.57 Å². The van der Waals surface area contributed by atoms with E-state index >= 15 is 4.79 Å². The van der Waals surface area contributed by atoms with Crippen molar-refractivity contribution < 1.29 is 76.3 Å². The zero-order valence-electron chi connectivity index (χ0n) is 32.6. The Morgan fingerprint density at radius 3 is 1.64 bits per heavy atom. The predicted molar refractivity (Wildman–Crippen MR) is 180 cm³/mol. The first kappa shape index (κ1) is 43.1. The van der Waals surface area contributed by atoms with Gasteiger partial charge in [0.25, 0.3) is 0 Å². The molecule has 3 rings (SSSR count). The average molecular weight is 753 g/mol. The van der Waals surface area contributed by atoms with Gasteiger partial charge in [0.1, 0.15) is 11.7 Å². The molecule has 0 spiro atoms. The van der Waals surface area contributed by atoms with Gasteiger partial charge in [0, 0.05) is 59.0 Å². The molecule has 16 nitrogen and oxygen atoms in total. The minimum atomic E-state index is -2.40. The Kier molecular flexibility index (Phi) is 12.3. The molecule has 0 N–H and O–H groups in total. The summed E-state index contributed by atoms with van der Waals surface area (Å²) in [4.78, 5) is 106. The average Bonchev–Trinajstić information content (AvgIpc) is 3.65. The summed E-state index contributed by atoms with van der Waals surface area (Å²) in [6.45, 7) is 21.3. The lowest BCUT2D eigenvalue weighted by molar-refractivity contribution is -0.199. The minimum Gasteiger partial charge on any atom is -0.458 e. The topological polar surface area (TPSA) is 214 Å². The van der Waals surface area contributed by atoms with Crippen LogP contribution in [-0.4, -0.2) is 101 Å². The van der Waals surface area contributed by atoms with Gasteiger partial charge in [-0.15, -0.1) is 0 Å². The number of ketones is 1. The van der Waals surface area contributed by atoms with Crippen LogP contribution in [0.15, 0.2) is 12.2 Å². The number of Topliss-reactive ketones (excluding diaryl/α,β-unsaturated/α-hetero) is 1. The molecule has 0 radical (unpaired) electrons. The Labute approximate surface area is 308 Å². The Balaban J connectivity index is 2.62. The van der Waals surface area contributed by atoms with Crippen LogP contribution >= 0.6 is 0 Å². The second-order valence-electron chi connectivity index (χ2n) is 15.4. The van der Waals surface area contributed by atoms with Gasteiger partial charge >= 0.3 is 41.8 Å². The molecule has 53 heavy (non-hydrogen) atoms. The summed E-state index contributed by atoms with van der Waals surface area (Å²) in [5.41, 5.74) is -7.38. The largest absolute Gasteiger partial charge is 0.458 e. The van der Waals surface area contributed by atoms with Gasteiger partial charge in [-0.3, -0.25) is 38.4 Å². The van der Waals surface area contributed by atoms with Crippen LogP contribution in [-0.2, 0) is 76.3 Å². The highest BCUT2D eigenvalue weighted by molar-refractivity contribution is 5.94. The van der Waals surface area contributed by atoms with Crippen LogP contribution in [0.25, 0.3) is 0 Å². The number of fused-ring (bicyclic) bond motifs is 2. The van der Waals surface area contributed by atoms with Gasteiger partial charge in [0.05, 0.1) is 23.9 Å². The first-order valence-electron chi connectivity index (χ1n) is 17.4. The van der Waals surface area contributed by atoms with Gasteiger partial charge in [-0.05, 0) is 13.8 Å². The molecule has 0 aromatic heterocycles. The summed E-state index contributed by atoms with van der Waals surface area (Å²) in [5, 5.41) is 0. The molecule has 16 heteroatoms. The number of ether oxygens (including phenoxy) is 8. The first-order valence-corrected chi connectivity index (χ1v) is 17.4. The molecule has 0 aromatic rings. The van der Waals surface area contributed by atoms with Gasteiger partial charge in [-0.2, -0.15) is 0 Å². The molecule has 1 heterocycles. The van der Waals surface area contributed by atoms with Crippen molar-refractivity contribution in [3.05, 3.63) is 12.2 Å². The summed E-state index contributed by atoms with van der Waals surface area (Å²) in [7, 11) is 0. The summed E-state index contributed by atoms with van der Waals surface area (Å²) in [5.74, 6) is -10.8. The third-order valence-electron chi connectivity index (χ3n) is 10.2. The second-order valence-corrected chi connectivity index (χ2v) is 15.4. The van der Waals surface area contributed by atoms with Crippen molar-refractivity contribution in [1.29, 1.82) is 0 Å². The third-order valence-corrected chi connectivity index (χ3v) is 10.2. The molecule has 1 aliphatic heterocycles. The monoisotopic (exact) mass is 752 g/mol. The highest BCUT2D eigenvalue weighted by Gasteiger charge is 2.76. The van der Waals surface area contributed by atoms with E-state index in [1.54, 1.807) is 20.8 Å². The van der Waals surface area contributed by atoms with E-state index in [1.165, 1.54) is 27.7 Å². The van der Waals surface area contributed by atoms with Crippen molar-refractivity contribution in [2.75, 3.05) is 0 Å². The Hall–Kier alpha value is -4.34. The molecule has 0 aromatic carbocycles. The Morgan fingerprint density at radius 1 is 0.698 bits per heavy atom. The van der Waals surface area contributed by atoms with Crippen LogP contribution in [0.3, 0.4) is 0 Å². The summed E-state index contributed by atoms with van der Waals surface area (Å²) in [6, 6.07) is 0. The second kappa shape index (κ2) is 15.2. The summed E-state index contributed by atoms with van der Waals surface area (Å²) in [6.07, 6.45) is -10.1. The maximum absolute atomic E-state index is 15.3. The molecule has 296 valence electrons. The number of rotatable bonds is 8. The smallest absolute Gasteiger partial charge is 0.309 e. The number of carbonyl (C=O) groups is 8. The highest BCUT2D eigenvalue weighted by Crippen LogP contribution is 2.59. The molecule has 2 saturated carbocycles. The van der Waals surface area contributed by atoms with Crippen LogP contribution in [0.2, 0.25) is 0 Å². The lowest BCUT2D eigenvalue weighted by atomic mass is 9.67. The number of carbonyl (C=O) groups excluding carboxylic acids is 8. The number of epoxide rings is 1. The van der Waals surface area contributed by atoms with Crippen molar-refractivity contribution in [1.82, 2.24) is 0 Å². The van der Waals surface area contributed by atoms with Gasteiger partial charge in [-0.25, -0.2) is 0 Å². The molecule has 0 unspecified atom stereocenters. The van der Waals surface area contributed by atoms with E-state index in [0.717, 1.165) is 41.5 Å². The fourth-order valence-electron chi connectivity index (χ4n) is 8.08. The molecule has 3 aliphatic rings. The Morgan fingerprint density at radius 2 is 1.19 bits per heavy atom. The predicted octanol–water partition coefficient (Wildman–Crippen LogP) is 2.88. The van der Waals surface area contributed by atoms with E-state index in [4.69, 9.17) is 37.9 Å². The van der Waals surface area contributed by atoms with E-state index in [0.29, 0.717) is 0 Å². The van der Waals surface area contributed by atoms with Crippen molar-refractivity contribution in [3.63, 3.8) is 0 Å². The van der Waals surface area contributed by atoms with Crippen LogP contribution < -0.4 is 0 Å². The molecule has 2 aliphatic carbocycles. The van der Waals surface area contributed by atoms with Crippen LogP contribution in [0.1, 0.15) is 96.4 Å². The molecule has 1 saturated heterocycles. The minimum absolute atomic E-state index is 0.348. The standard InChI is InChI=1S/C37H52O16/c1-16(2)32(45)50-27-17(3)26(46-19(5)38)25-30(48-21(7)40)35(13,51-23(9)42)15-37(25,52-24(10)43)29(44)18(4)36(14)33(53-36)34(11,12)31(49-22(8)41)28(27)47-20(6)39/h16,18,25-28,30-31,33H,3,15H2,1-2,4-14H3/t18-,25-,26+,27-,28-,30+,31+,33-,35+,36-,37+/m0/s1. The number of esters is 7. The van der Waals surface area contributed by atoms with Crippen LogP contribution in [0, 0.1) is 23.2 Å². The summed E-state index contributed by atoms with van der Waals surface area (Å²) < 4.78 is 47.4. The van der Waals surface area contributed by atoms with E-state index in [2.05, 4.69) is 6.58 Å². The fourth-order valence-corrected chi connectivity index (χ4v) is 8.08.